The van der Waals surface area contributed by atoms with Crippen LogP contribution < -0.4 is 5.32 Å². The van der Waals surface area contributed by atoms with E-state index in [1.165, 1.54) is 6.92 Å². The van der Waals surface area contributed by atoms with Crippen LogP contribution in [0.25, 0.3) is 0 Å². The third-order valence-corrected chi connectivity index (χ3v) is 5.03. The number of esters is 1. The Bertz CT molecular complexity index is 794. The molecule has 1 atom stereocenters. The number of nitrogens with one attached hydrogen (secondary N) is 1. The lowest BCUT2D eigenvalue weighted by molar-refractivity contribution is -0.461. The number of carbonyl (C=O) groups excluding carboxylic acids is 1. The maximum absolute atomic E-state index is 13.9. The standard InChI is InChI=1S/C18H20F17NO2/c1-3-5-6-9(10(37)38-4-2)36-8-7-11(19,20)12(21,22)13(23,24)14(25,26)15(27,28)16(29,30)17(31,32)18(33,34)35/h9,36H,3-8H2,1-2H3/t9-/m0/s1. The van der Waals surface area contributed by atoms with Gasteiger partial charge in [-0.1, -0.05) is 19.8 Å². The molecule has 0 aromatic rings. The van der Waals surface area contributed by atoms with Crippen LogP contribution in [-0.4, -0.2) is 72.8 Å². The number of halogens is 17. The maximum atomic E-state index is 13.9. The van der Waals surface area contributed by atoms with Gasteiger partial charge in [-0.25, -0.2) is 0 Å². The summed E-state index contributed by atoms with van der Waals surface area (Å²) in [6, 6.07) is -1.53. The van der Waals surface area contributed by atoms with Crippen LogP contribution in [0, 0.1) is 0 Å². The predicted molar refractivity (Wildman–Crippen MR) is 93.2 cm³/mol. The number of hydrogen-bond donors (Lipinski definition) is 1. The van der Waals surface area contributed by atoms with Gasteiger partial charge in [-0.3, -0.25) is 4.79 Å². The quantitative estimate of drug-likeness (QED) is 0.160. The molecule has 0 saturated carbocycles. The summed E-state index contributed by atoms with van der Waals surface area (Å²) in [7, 11) is 0. The molecule has 0 aliphatic carbocycles. The Morgan fingerprint density at radius 2 is 1.05 bits per heavy atom. The number of hydrogen-bond acceptors (Lipinski definition) is 3. The topological polar surface area (TPSA) is 38.3 Å². The van der Waals surface area contributed by atoms with E-state index in [0.29, 0.717) is 6.42 Å². The smallest absolute Gasteiger partial charge is 0.460 e. The molecule has 0 spiro atoms. The molecule has 20 heteroatoms. The summed E-state index contributed by atoms with van der Waals surface area (Å²) in [5.41, 5.74) is 0. The van der Waals surface area contributed by atoms with E-state index in [0.717, 1.165) is 0 Å². The van der Waals surface area contributed by atoms with Gasteiger partial charge < -0.3 is 10.1 Å². The second-order valence-electron chi connectivity index (χ2n) is 7.80. The summed E-state index contributed by atoms with van der Waals surface area (Å²) in [5, 5.41) is 1.84. The van der Waals surface area contributed by atoms with Crippen molar-refractivity contribution in [1.29, 1.82) is 0 Å². The van der Waals surface area contributed by atoms with Crippen LogP contribution in [0.5, 0.6) is 0 Å². The molecule has 0 amide bonds. The van der Waals surface area contributed by atoms with Gasteiger partial charge in [-0.15, -0.1) is 0 Å². The second-order valence-corrected chi connectivity index (χ2v) is 7.80. The molecule has 3 nitrogen and oxygen atoms in total. The predicted octanol–water partition coefficient (Wildman–Crippen LogP) is 7.10. The van der Waals surface area contributed by atoms with Gasteiger partial charge in [0.1, 0.15) is 6.04 Å². The highest BCUT2D eigenvalue weighted by atomic mass is 19.4. The molecule has 0 unspecified atom stereocenters. The molecular weight excluding hydrogens is 585 g/mol. The number of rotatable bonds is 15. The van der Waals surface area contributed by atoms with Gasteiger partial charge in [0.05, 0.1) is 6.61 Å². The van der Waals surface area contributed by atoms with Crippen LogP contribution in [0.15, 0.2) is 0 Å². The van der Waals surface area contributed by atoms with Gasteiger partial charge in [-0.2, -0.15) is 74.6 Å². The number of carbonyl (C=O) groups is 1. The third-order valence-electron chi connectivity index (χ3n) is 5.03. The average Bonchev–Trinajstić information content (AvgIpc) is 2.74. The molecule has 0 fully saturated rings. The summed E-state index contributed by atoms with van der Waals surface area (Å²) in [6.07, 6.45) is -10.1. The highest BCUT2D eigenvalue weighted by Gasteiger charge is 2.95. The summed E-state index contributed by atoms with van der Waals surface area (Å²) in [4.78, 5) is 11.7. The summed E-state index contributed by atoms with van der Waals surface area (Å²) < 4.78 is 230. The molecule has 0 radical (unpaired) electrons. The average molecular weight is 605 g/mol. The van der Waals surface area contributed by atoms with Crippen molar-refractivity contribution in [2.24, 2.45) is 0 Å². The van der Waals surface area contributed by atoms with Crippen molar-refractivity contribution in [3.63, 3.8) is 0 Å². The van der Waals surface area contributed by atoms with Crippen LogP contribution in [0.2, 0.25) is 0 Å². The first-order chi connectivity index (χ1) is 16.7. The minimum atomic E-state index is -8.66. The van der Waals surface area contributed by atoms with E-state index in [1.807, 2.05) is 5.32 Å². The Balaban J connectivity index is 6.20. The number of ether oxygens (including phenoxy) is 1. The first kappa shape index (κ1) is 36.2. The van der Waals surface area contributed by atoms with E-state index in [-0.39, 0.29) is 19.4 Å². The molecule has 0 aliphatic rings. The van der Waals surface area contributed by atoms with Gasteiger partial charge in [0.2, 0.25) is 0 Å². The molecule has 228 valence electrons. The van der Waals surface area contributed by atoms with E-state index in [4.69, 9.17) is 0 Å². The summed E-state index contributed by atoms with van der Waals surface area (Å²) >= 11 is 0. The highest BCUT2D eigenvalue weighted by molar-refractivity contribution is 5.75. The molecule has 0 aliphatic heterocycles. The third kappa shape index (κ3) is 6.03. The second kappa shape index (κ2) is 11.4. The van der Waals surface area contributed by atoms with Gasteiger partial charge in [0.15, 0.2) is 0 Å². The van der Waals surface area contributed by atoms with Crippen molar-refractivity contribution < 1.29 is 84.2 Å². The van der Waals surface area contributed by atoms with Crippen molar-refractivity contribution in [1.82, 2.24) is 5.32 Å². The van der Waals surface area contributed by atoms with Crippen molar-refractivity contribution >= 4 is 5.97 Å². The molecule has 0 heterocycles. The number of alkyl halides is 17. The monoisotopic (exact) mass is 605 g/mol. The van der Waals surface area contributed by atoms with Crippen LogP contribution in [0.3, 0.4) is 0 Å². The molecule has 0 rings (SSSR count). The Morgan fingerprint density at radius 3 is 1.42 bits per heavy atom. The van der Waals surface area contributed by atoms with Crippen LogP contribution in [-0.2, 0) is 9.53 Å². The van der Waals surface area contributed by atoms with Gasteiger partial charge in [-0.05, 0) is 13.3 Å². The fraction of sp³-hybridized carbons (Fsp3) is 0.944. The van der Waals surface area contributed by atoms with E-state index in [1.54, 1.807) is 6.92 Å². The van der Waals surface area contributed by atoms with Crippen LogP contribution in [0.4, 0.5) is 74.6 Å². The minimum Gasteiger partial charge on any atom is -0.465 e. The van der Waals surface area contributed by atoms with Gasteiger partial charge in [0.25, 0.3) is 0 Å². The Kier molecular flexibility index (Phi) is 10.9. The van der Waals surface area contributed by atoms with E-state index < -0.39 is 72.6 Å². The molecule has 1 N–H and O–H groups in total. The van der Waals surface area contributed by atoms with E-state index >= 15 is 0 Å². The summed E-state index contributed by atoms with van der Waals surface area (Å²) in [5.74, 6) is -57.7. The molecule has 0 aromatic heterocycles. The Hall–Kier alpha value is -1.76. The Morgan fingerprint density at radius 1 is 0.658 bits per heavy atom. The highest BCUT2D eigenvalue weighted by Crippen LogP contribution is 2.64. The van der Waals surface area contributed by atoms with Gasteiger partial charge >= 0.3 is 53.6 Å². The van der Waals surface area contributed by atoms with Crippen LogP contribution >= 0.6 is 0 Å². The van der Waals surface area contributed by atoms with Gasteiger partial charge in [0, 0.05) is 13.0 Å². The first-order valence-corrected chi connectivity index (χ1v) is 10.3. The lowest BCUT2D eigenvalue weighted by atomic mass is 9.88. The van der Waals surface area contributed by atoms with E-state index in [2.05, 4.69) is 4.74 Å². The van der Waals surface area contributed by atoms with E-state index in [9.17, 15) is 79.4 Å². The largest absolute Gasteiger partial charge is 0.465 e. The van der Waals surface area contributed by atoms with Crippen molar-refractivity contribution in [3.05, 3.63) is 0 Å². The molecular formula is C18H20F17NO2. The fourth-order valence-corrected chi connectivity index (χ4v) is 2.71. The fourth-order valence-electron chi connectivity index (χ4n) is 2.71. The van der Waals surface area contributed by atoms with Crippen molar-refractivity contribution in [2.75, 3.05) is 13.2 Å². The zero-order valence-corrected chi connectivity index (χ0v) is 19.1. The molecule has 0 saturated heterocycles. The molecule has 0 aromatic carbocycles. The zero-order chi connectivity index (χ0) is 30.8. The SMILES string of the molecule is CCCC[C@H](NCCC(F)(F)C(F)(F)C(F)(F)C(F)(F)C(F)(F)C(F)(F)C(F)(F)C(F)(F)F)C(=O)OCC. The lowest BCUT2D eigenvalue weighted by Gasteiger charge is -2.42. The number of unbranched alkanes of at least 4 members (excludes halogenated alkanes) is 1. The lowest BCUT2D eigenvalue weighted by Crippen LogP contribution is -2.74. The Labute approximate surface area is 203 Å². The molecule has 0 bridgehead atoms. The van der Waals surface area contributed by atoms with Crippen molar-refractivity contribution in [3.8, 4) is 0 Å². The van der Waals surface area contributed by atoms with Crippen molar-refractivity contribution in [2.45, 2.75) is 93.2 Å². The van der Waals surface area contributed by atoms with Crippen LogP contribution in [0.1, 0.15) is 39.5 Å². The maximum Gasteiger partial charge on any atom is 0.460 e. The minimum absolute atomic E-state index is 0.180. The normalized spacial score (nSPS) is 16.0. The molecule has 38 heavy (non-hydrogen) atoms. The first-order valence-electron chi connectivity index (χ1n) is 10.3. The summed E-state index contributed by atoms with van der Waals surface area (Å²) in [6.45, 7) is 0.986. The zero-order valence-electron chi connectivity index (χ0n) is 19.1.